The number of nitrogen functional groups attached to an aromatic ring is 1. The van der Waals surface area contributed by atoms with Crippen molar-refractivity contribution in [1.82, 2.24) is 19.5 Å². The first kappa shape index (κ1) is 9.77. The van der Waals surface area contributed by atoms with Gasteiger partial charge in [0, 0.05) is 19.4 Å². The van der Waals surface area contributed by atoms with Gasteiger partial charge < -0.3 is 10.3 Å². The fraction of sp³-hybridized carbons (Fsp3) is 0.0833. The first-order chi connectivity index (χ1) is 8.25. The van der Waals surface area contributed by atoms with Crippen molar-refractivity contribution in [3.05, 3.63) is 36.7 Å². The average molecular weight is 225 g/mol. The molecule has 2 heterocycles. The highest BCUT2D eigenvalue weighted by atomic mass is 15.1. The molecule has 0 bridgehead atoms. The highest BCUT2D eigenvalue weighted by molar-refractivity contribution is 5.80. The molecule has 0 aliphatic carbocycles. The van der Waals surface area contributed by atoms with E-state index >= 15 is 0 Å². The minimum Gasteiger partial charge on any atom is -0.382 e. The Balaban J connectivity index is 2.30. The van der Waals surface area contributed by atoms with E-state index in [1.54, 1.807) is 6.20 Å². The molecule has 2 N–H and O–H groups in total. The Bertz CT molecular complexity index is 686. The third-order valence-corrected chi connectivity index (χ3v) is 2.63. The largest absolute Gasteiger partial charge is 0.382 e. The van der Waals surface area contributed by atoms with E-state index in [2.05, 4.69) is 15.0 Å². The zero-order valence-electron chi connectivity index (χ0n) is 9.33. The van der Waals surface area contributed by atoms with Crippen molar-refractivity contribution < 1.29 is 0 Å². The number of anilines is 1. The molecule has 1 aromatic carbocycles. The van der Waals surface area contributed by atoms with Gasteiger partial charge in [0.05, 0.1) is 11.0 Å². The van der Waals surface area contributed by atoms with E-state index in [-0.39, 0.29) is 0 Å². The normalized spacial score (nSPS) is 10.9. The number of aromatic nitrogens is 4. The highest BCUT2D eigenvalue weighted by Crippen LogP contribution is 2.22. The van der Waals surface area contributed by atoms with E-state index in [0.29, 0.717) is 11.5 Å². The number of hydrogen-bond donors (Lipinski definition) is 1. The maximum absolute atomic E-state index is 5.92. The van der Waals surface area contributed by atoms with Crippen LogP contribution in [-0.2, 0) is 7.05 Å². The van der Waals surface area contributed by atoms with E-state index in [1.165, 1.54) is 0 Å². The summed E-state index contributed by atoms with van der Waals surface area (Å²) < 4.78 is 1.87. The number of rotatable bonds is 1. The van der Waals surface area contributed by atoms with Crippen molar-refractivity contribution in [1.29, 1.82) is 0 Å². The number of nitrogens with zero attached hydrogens (tertiary/aromatic N) is 4. The van der Waals surface area contributed by atoms with Crippen molar-refractivity contribution >= 4 is 16.9 Å². The van der Waals surface area contributed by atoms with Gasteiger partial charge in [-0.1, -0.05) is 12.1 Å². The van der Waals surface area contributed by atoms with Crippen LogP contribution >= 0.6 is 0 Å². The monoisotopic (exact) mass is 225 g/mol. The molecule has 0 unspecified atom stereocenters. The summed E-state index contributed by atoms with van der Waals surface area (Å²) in [7, 11) is 1.90. The van der Waals surface area contributed by atoms with Crippen LogP contribution in [0.3, 0.4) is 0 Å². The van der Waals surface area contributed by atoms with Crippen molar-refractivity contribution in [2.45, 2.75) is 0 Å². The van der Waals surface area contributed by atoms with Crippen molar-refractivity contribution in [3.8, 4) is 11.5 Å². The summed E-state index contributed by atoms with van der Waals surface area (Å²) in [4.78, 5) is 13.1. The Hall–Kier alpha value is -2.43. The first-order valence-electron chi connectivity index (χ1n) is 5.25. The number of fused-ring (bicyclic) bond motifs is 1. The van der Waals surface area contributed by atoms with Crippen LogP contribution in [0.5, 0.6) is 0 Å². The van der Waals surface area contributed by atoms with E-state index in [0.717, 1.165) is 16.9 Å². The van der Waals surface area contributed by atoms with Gasteiger partial charge in [0.15, 0.2) is 11.6 Å². The molecule has 5 nitrogen and oxygen atoms in total. The second-order valence-electron chi connectivity index (χ2n) is 3.81. The molecule has 3 aromatic rings. The van der Waals surface area contributed by atoms with Gasteiger partial charge >= 0.3 is 0 Å². The van der Waals surface area contributed by atoms with Crippen molar-refractivity contribution in [2.75, 3.05) is 5.73 Å². The topological polar surface area (TPSA) is 69.6 Å². The molecule has 0 amide bonds. The molecule has 0 radical (unpaired) electrons. The summed E-state index contributed by atoms with van der Waals surface area (Å²) in [6, 6.07) is 7.64. The molecule has 0 fully saturated rings. The number of benzene rings is 1. The molecule has 17 heavy (non-hydrogen) atoms. The SMILES string of the molecule is Cn1ccnc1-c1nc2ccccc2nc1N. The fourth-order valence-corrected chi connectivity index (χ4v) is 1.77. The van der Waals surface area contributed by atoms with Crippen molar-refractivity contribution in [3.63, 3.8) is 0 Å². The van der Waals surface area contributed by atoms with Crippen LogP contribution in [0.25, 0.3) is 22.6 Å². The van der Waals surface area contributed by atoms with Crippen LogP contribution in [-0.4, -0.2) is 19.5 Å². The summed E-state index contributed by atoms with van der Waals surface area (Å²) in [6.07, 6.45) is 3.57. The van der Waals surface area contributed by atoms with E-state index in [1.807, 2.05) is 42.1 Å². The van der Waals surface area contributed by atoms with Gasteiger partial charge in [0.25, 0.3) is 0 Å². The van der Waals surface area contributed by atoms with E-state index < -0.39 is 0 Å². The van der Waals surface area contributed by atoms with Gasteiger partial charge in [-0.05, 0) is 12.1 Å². The third-order valence-electron chi connectivity index (χ3n) is 2.63. The number of nitrogens with two attached hydrogens (primary N) is 1. The zero-order chi connectivity index (χ0) is 11.8. The lowest BCUT2D eigenvalue weighted by atomic mass is 10.3. The molecular weight excluding hydrogens is 214 g/mol. The Morgan fingerprint density at radius 2 is 1.82 bits per heavy atom. The number of aryl methyl sites for hydroxylation is 1. The van der Waals surface area contributed by atoms with Crippen LogP contribution in [0.2, 0.25) is 0 Å². The van der Waals surface area contributed by atoms with Gasteiger partial charge in [-0.3, -0.25) is 0 Å². The molecule has 2 aromatic heterocycles. The minimum atomic E-state index is 0.401. The molecule has 5 heteroatoms. The van der Waals surface area contributed by atoms with Gasteiger partial charge in [-0.2, -0.15) is 0 Å². The smallest absolute Gasteiger partial charge is 0.162 e. The lowest BCUT2D eigenvalue weighted by molar-refractivity contribution is 0.918. The number of para-hydroxylation sites is 2. The van der Waals surface area contributed by atoms with E-state index in [4.69, 9.17) is 5.73 Å². The zero-order valence-corrected chi connectivity index (χ0v) is 9.33. The van der Waals surface area contributed by atoms with E-state index in [9.17, 15) is 0 Å². The second kappa shape index (κ2) is 3.55. The molecule has 0 aliphatic heterocycles. The predicted molar refractivity (Wildman–Crippen MR) is 66.2 cm³/mol. The lowest BCUT2D eigenvalue weighted by Crippen LogP contribution is -2.02. The maximum atomic E-state index is 5.92. The molecule has 0 saturated carbocycles. The molecule has 0 atom stereocenters. The lowest BCUT2D eigenvalue weighted by Gasteiger charge is -2.05. The highest BCUT2D eigenvalue weighted by Gasteiger charge is 2.11. The van der Waals surface area contributed by atoms with Crippen LogP contribution in [0.1, 0.15) is 0 Å². The summed E-state index contributed by atoms with van der Waals surface area (Å²) in [5, 5.41) is 0. The molecule has 0 spiro atoms. The Morgan fingerprint density at radius 3 is 2.47 bits per heavy atom. The predicted octanol–water partition coefficient (Wildman–Crippen LogP) is 1.61. The molecule has 0 aliphatic rings. The number of imidazole rings is 1. The van der Waals surface area contributed by atoms with Gasteiger partial charge in [0.1, 0.15) is 5.69 Å². The second-order valence-corrected chi connectivity index (χ2v) is 3.81. The Labute approximate surface area is 98.0 Å². The van der Waals surface area contributed by atoms with Crippen LogP contribution in [0.15, 0.2) is 36.7 Å². The number of hydrogen-bond acceptors (Lipinski definition) is 4. The molecule has 3 rings (SSSR count). The first-order valence-corrected chi connectivity index (χ1v) is 5.25. The van der Waals surface area contributed by atoms with Crippen LogP contribution in [0, 0.1) is 0 Å². The van der Waals surface area contributed by atoms with Gasteiger partial charge in [0.2, 0.25) is 0 Å². The summed E-state index contributed by atoms with van der Waals surface area (Å²) in [6.45, 7) is 0. The van der Waals surface area contributed by atoms with Crippen LogP contribution < -0.4 is 5.73 Å². The molecular formula is C12H11N5. The standard InChI is InChI=1S/C12H11N5/c1-17-7-6-14-12(17)10-11(13)16-9-5-3-2-4-8(9)15-10/h2-7H,1H3,(H2,13,16). The summed E-state index contributed by atoms with van der Waals surface area (Å²) >= 11 is 0. The average Bonchev–Trinajstić information content (AvgIpc) is 2.74. The third kappa shape index (κ3) is 1.52. The molecule has 84 valence electrons. The molecule has 0 saturated heterocycles. The Kier molecular flexibility index (Phi) is 2.04. The minimum absolute atomic E-state index is 0.401. The van der Waals surface area contributed by atoms with Crippen LogP contribution in [0.4, 0.5) is 5.82 Å². The van der Waals surface area contributed by atoms with Crippen molar-refractivity contribution in [2.24, 2.45) is 7.05 Å². The maximum Gasteiger partial charge on any atom is 0.162 e. The quantitative estimate of drug-likeness (QED) is 0.683. The summed E-state index contributed by atoms with van der Waals surface area (Å²) in [5.74, 6) is 1.12. The van der Waals surface area contributed by atoms with Gasteiger partial charge in [-0.25, -0.2) is 15.0 Å². The summed E-state index contributed by atoms with van der Waals surface area (Å²) in [5.41, 5.74) is 8.15. The fourth-order valence-electron chi connectivity index (χ4n) is 1.77. The Morgan fingerprint density at radius 1 is 1.12 bits per heavy atom. The van der Waals surface area contributed by atoms with Gasteiger partial charge in [-0.15, -0.1) is 0 Å².